The molecule has 0 saturated carbocycles. The standard InChI is InChI=1S/C35H38BrN3O4S/c1-26(2)23-37-35(41)33(22-28-11-6-4-7-12-28)38(24-29-13-10-14-30(36)21-29)34(40)25-39(31-15-8-5-9-16-31)44(42,43)32-19-17-27(3)18-20-32/h4-21,26,33H,22-25H2,1-3H3,(H,37,41)/t33-/m1/s1. The molecule has 1 atom stereocenters. The largest absolute Gasteiger partial charge is 0.354 e. The Morgan fingerprint density at radius 2 is 1.43 bits per heavy atom. The molecule has 44 heavy (non-hydrogen) atoms. The molecule has 0 fully saturated rings. The Labute approximate surface area is 269 Å². The van der Waals surface area contributed by atoms with Crippen molar-refractivity contribution in [2.24, 2.45) is 5.92 Å². The van der Waals surface area contributed by atoms with Crippen molar-refractivity contribution >= 4 is 43.5 Å². The highest BCUT2D eigenvalue weighted by Gasteiger charge is 2.34. The molecular weight excluding hydrogens is 638 g/mol. The van der Waals surface area contributed by atoms with Gasteiger partial charge in [0.25, 0.3) is 10.0 Å². The van der Waals surface area contributed by atoms with Crippen LogP contribution < -0.4 is 9.62 Å². The first-order valence-electron chi connectivity index (χ1n) is 14.5. The van der Waals surface area contributed by atoms with Gasteiger partial charge in [-0.3, -0.25) is 13.9 Å². The van der Waals surface area contributed by atoms with Gasteiger partial charge in [0, 0.05) is 24.0 Å². The average Bonchev–Trinajstić information content (AvgIpc) is 3.01. The quantitative estimate of drug-likeness (QED) is 0.179. The number of rotatable bonds is 13. The SMILES string of the molecule is Cc1ccc(S(=O)(=O)N(CC(=O)N(Cc2cccc(Br)c2)[C@H](Cc2ccccc2)C(=O)NCC(C)C)c2ccccc2)cc1. The Balaban J connectivity index is 1.78. The zero-order chi connectivity index (χ0) is 31.7. The predicted octanol–water partition coefficient (Wildman–Crippen LogP) is 6.37. The molecule has 0 spiro atoms. The van der Waals surface area contributed by atoms with E-state index in [1.807, 2.05) is 75.4 Å². The summed E-state index contributed by atoms with van der Waals surface area (Å²) in [5, 5.41) is 3.01. The molecule has 2 amide bonds. The van der Waals surface area contributed by atoms with Gasteiger partial charge < -0.3 is 10.2 Å². The van der Waals surface area contributed by atoms with Gasteiger partial charge >= 0.3 is 0 Å². The van der Waals surface area contributed by atoms with Gasteiger partial charge in [0.2, 0.25) is 11.8 Å². The van der Waals surface area contributed by atoms with Crippen LogP contribution in [-0.2, 0) is 32.6 Å². The molecule has 0 radical (unpaired) electrons. The Morgan fingerprint density at radius 1 is 0.818 bits per heavy atom. The second-order valence-electron chi connectivity index (χ2n) is 11.2. The summed E-state index contributed by atoms with van der Waals surface area (Å²) in [5.74, 6) is -0.581. The maximum absolute atomic E-state index is 14.5. The van der Waals surface area contributed by atoms with E-state index in [-0.39, 0.29) is 29.7 Å². The number of hydrogen-bond acceptors (Lipinski definition) is 4. The lowest BCUT2D eigenvalue weighted by atomic mass is 10.0. The number of hydrogen-bond donors (Lipinski definition) is 1. The van der Waals surface area contributed by atoms with Gasteiger partial charge in [0.05, 0.1) is 10.6 Å². The molecule has 4 rings (SSSR count). The summed E-state index contributed by atoms with van der Waals surface area (Å²) < 4.78 is 30.1. The summed E-state index contributed by atoms with van der Waals surface area (Å²) >= 11 is 3.51. The van der Waals surface area contributed by atoms with E-state index in [1.54, 1.807) is 54.6 Å². The first kappa shape index (κ1) is 33.0. The Morgan fingerprint density at radius 3 is 2.05 bits per heavy atom. The molecule has 4 aromatic carbocycles. The maximum Gasteiger partial charge on any atom is 0.264 e. The molecule has 0 unspecified atom stereocenters. The van der Waals surface area contributed by atoms with Gasteiger partial charge in [-0.05, 0) is 60.4 Å². The molecule has 0 aliphatic heterocycles. The molecule has 230 valence electrons. The van der Waals surface area contributed by atoms with Crippen LogP contribution in [-0.4, -0.2) is 44.3 Å². The highest BCUT2D eigenvalue weighted by atomic mass is 79.9. The van der Waals surface area contributed by atoms with Crippen molar-refractivity contribution in [2.45, 2.75) is 44.7 Å². The summed E-state index contributed by atoms with van der Waals surface area (Å²) in [6.07, 6.45) is 0.264. The minimum absolute atomic E-state index is 0.0776. The third-order valence-electron chi connectivity index (χ3n) is 7.13. The highest BCUT2D eigenvalue weighted by molar-refractivity contribution is 9.10. The lowest BCUT2D eigenvalue weighted by Gasteiger charge is -2.34. The van der Waals surface area contributed by atoms with Crippen molar-refractivity contribution in [1.29, 1.82) is 0 Å². The van der Waals surface area contributed by atoms with Crippen molar-refractivity contribution in [3.63, 3.8) is 0 Å². The minimum atomic E-state index is -4.13. The first-order chi connectivity index (χ1) is 21.0. The normalized spacial score (nSPS) is 12.0. The molecule has 4 aromatic rings. The van der Waals surface area contributed by atoms with Crippen LogP contribution in [0.3, 0.4) is 0 Å². The van der Waals surface area contributed by atoms with Crippen LogP contribution in [0.4, 0.5) is 5.69 Å². The molecule has 0 aliphatic rings. The number of para-hydroxylation sites is 1. The minimum Gasteiger partial charge on any atom is -0.354 e. The molecule has 0 bridgehead atoms. The summed E-state index contributed by atoms with van der Waals surface area (Å²) in [6, 6.07) is 31.3. The van der Waals surface area contributed by atoms with Crippen LogP contribution in [0.2, 0.25) is 0 Å². The van der Waals surface area contributed by atoms with Crippen LogP contribution in [0.15, 0.2) is 119 Å². The fraction of sp³-hybridized carbons (Fsp3) is 0.257. The Bertz CT molecular complexity index is 1650. The van der Waals surface area contributed by atoms with Crippen molar-refractivity contribution in [1.82, 2.24) is 10.2 Å². The van der Waals surface area contributed by atoms with Crippen LogP contribution >= 0.6 is 15.9 Å². The summed E-state index contributed by atoms with van der Waals surface area (Å²) in [5.41, 5.74) is 2.96. The number of carbonyl (C=O) groups is 2. The number of aryl methyl sites for hydroxylation is 1. The molecule has 0 aromatic heterocycles. The number of anilines is 1. The summed E-state index contributed by atoms with van der Waals surface area (Å²) in [7, 11) is -4.13. The number of carbonyl (C=O) groups excluding carboxylic acids is 2. The van der Waals surface area contributed by atoms with E-state index in [1.165, 1.54) is 4.90 Å². The summed E-state index contributed by atoms with van der Waals surface area (Å²) in [6.45, 7) is 5.96. The number of halogens is 1. The van der Waals surface area contributed by atoms with Gasteiger partial charge in [-0.1, -0.05) is 108 Å². The van der Waals surface area contributed by atoms with E-state index < -0.39 is 28.5 Å². The van der Waals surface area contributed by atoms with Crippen LogP contribution in [0.1, 0.15) is 30.5 Å². The maximum atomic E-state index is 14.5. The van der Waals surface area contributed by atoms with Crippen LogP contribution in [0.25, 0.3) is 0 Å². The Hall–Kier alpha value is -3.95. The number of benzene rings is 4. The highest BCUT2D eigenvalue weighted by Crippen LogP contribution is 2.25. The van der Waals surface area contributed by atoms with Gasteiger partial charge in [-0.25, -0.2) is 8.42 Å². The molecule has 1 N–H and O–H groups in total. The fourth-order valence-electron chi connectivity index (χ4n) is 4.77. The average molecular weight is 677 g/mol. The number of amides is 2. The molecule has 7 nitrogen and oxygen atoms in total. The second kappa shape index (κ2) is 15.2. The molecular formula is C35H38BrN3O4S. The van der Waals surface area contributed by atoms with E-state index in [9.17, 15) is 18.0 Å². The van der Waals surface area contributed by atoms with Gasteiger partial charge in [0.1, 0.15) is 12.6 Å². The zero-order valence-electron chi connectivity index (χ0n) is 25.2. The first-order valence-corrected chi connectivity index (χ1v) is 16.8. The third kappa shape index (κ3) is 8.80. The van der Waals surface area contributed by atoms with E-state index in [2.05, 4.69) is 21.2 Å². The molecule has 9 heteroatoms. The van der Waals surface area contributed by atoms with Gasteiger partial charge in [-0.2, -0.15) is 0 Å². The number of sulfonamides is 1. The van der Waals surface area contributed by atoms with Gasteiger partial charge in [-0.15, -0.1) is 0 Å². The van der Waals surface area contributed by atoms with E-state index in [4.69, 9.17) is 0 Å². The number of nitrogens with one attached hydrogen (secondary N) is 1. The summed E-state index contributed by atoms with van der Waals surface area (Å²) in [4.78, 5) is 29.8. The van der Waals surface area contributed by atoms with Crippen molar-refractivity contribution in [3.05, 3.63) is 130 Å². The lowest BCUT2D eigenvalue weighted by Crippen LogP contribution is -2.53. The molecule has 0 saturated heterocycles. The van der Waals surface area contributed by atoms with Crippen molar-refractivity contribution in [2.75, 3.05) is 17.4 Å². The van der Waals surface area contributed by atoms with Crippen molar-refractivity contribution < 1.29 is 18.0 Å². The van der Waals surface area contributed by atoms with E-state index in [0.29, 0.717) is 12.2 Å². The smallest absolute Gasteiger partial charge is 0.264 e. The van der Waals surface area contributed by atoms with Gasteiger partial charge in [0.15, 0.2) is 0 Å². The molecule has 0 heterocycles. The van der Waals surface area contributed by atoms with E-state index in [0.717, 1.165) is 25.5 Å². The second-order valence-corrected chi connectivity index (χ2v) is 13.9. The monoisotopic (exact) mass is 675 g/mol. The van der Waals surface area contributed by atoms with Crippen LogP contribution in [0.5, 0.6) is 0 Å². The Kier molecular flexibility index (Phi) is 11.4. The number of nitrogens with zero attached hydrogens (tertiary/aromatic N) is 2. The zero-order valence-corrected chi connectivity index (χ0v) is 27.6. The van der Waals surface area contributed by atoms with Crippen LogP contribution in [0, 0.1) is 12.8 Å². The topological polar surface area (TPSA) is 86.8 Å². The predicted molar refractivity (Wildman–Crippen MR) is 179 cm³/mol. The van der Waals surface area contributed by atoms with E-state index >= 15 is 0 Å². The fourth-order valence-corrected chi connectivity index (χ4v) is 6.63. The third-order valence-corrected chi connectivity index (χ3v) is 9.41. The lowest BCUT2D eigenvalue weighted by molar-refractivity contribution is -0.140. The molecule has 0 aliphatic carbocycles. The van der Waals surface area contributed by atoms with Crippen molar-refractivity contribution in [3.8, 4) is 0 Å².